The number of nitrogens with zero attached hydrogens (tertiary/aromatic N) is 1. The van der Waals surface area contributed by atoms with Crippen molar-refractivity contribution < 1.29 is 9.53 Å². The summed E-state index contributed by atoms with van der Waals surface area (Å²) in [4.78, 5) is 13.8. The number of nitrogens with one attached hydrogen (secondary N) is 1. The highest BCUT2D eigenvalue weighted by Gasteiger charge is 2.15. The van der Waals surface area contributed by atoms with Crippen molar-refractivity contribution in [3.8, 4) is 0 Å². The molecule has 1 saturated heterocycles. The molecule has 2 rings (SSSR count). The Balaban J connectivity index is 1.63. The summed E-state index contributed by atoms with van der Waals surface area (Å²) in [5.74, 6) is 0.222. The van der Waals surface area contributed by atoms with E-state index in [0.717, 1.165) is 26.2 Å². The molecule has 1 amide bonds. The van der Waals surface area contributed by atoms with E-state index in [4.69, 9.17) is 4.74 Å². The van der Waals surface area contributed by atoms with E-state index in [0.29, 0.717) is 19.6 Å². The van der Waals surface area contributed by atoms with Gasteiger partial charge in [-0.25, -0.2) is 0 Å². The molecule has 1 aromatic rings. The van der Waals surface area contributed by atoms with Gasteiger partial charge in [0.25, 0.3) is 0 Å². The van der Waals surface area contributed by atoms with Crippen molar-refractivity contribution in [2.45, 2.75) is 19.9 Å². The van der Waals surface area contributed by atoms with Crippen LogP contribution in [0, 0.1) is 6.92 Å². The van der Waals surface area contributed by atoms with E-state index in [1.54, 1.807) is 0 Å². The van der Waals surface area contributed by atoms with E-state index in [2.05, 4.69) is 36.5 Å². The molecular weight excluding hydrogens is 240 g/mol. The molecule has 4 nitrogen and oxygen atoms in total. The van der Waals surface area contributed by atoms with E-state index < -0.39 is 0 Å². The van der Waals surface area contributed by atoms with Gasteiger partial charge in [0, 0.05) is 32.6 Å². The number of rotatable bonds is 5. The van der Waals surface area contributed by atoms with Gasteiger partial charge in [0.15, 0.2) is 0 Å². The van der Waals surface area contributed by atoms with Crippen LogP contribution in [0.4, 0.5) is 0 Å². The van der Waals surface area contributed by atoms with Crippen LogP contribution in [0.3, 0.4) is 0 Å². The molecule has 1 heterocycles. The fourth-order valence-corrected chi connectivity index (χ4v) is 2.10. The highest BCUT2D eigenvalue weighted by molar-refractivity contribution is 5.76. The molecule has 104 valence electrons. The summed E-state index contributed by atoms with van der Waals surface area (Å²) < 4.78 is 5.23. The molecule has 0 spiro atoms. The summed E-state index contributed by atoms with van der Waals surface area (Å²) in [6, 6.07) is 8.45. The Hall–Kier alpha value is -1.39. The summed E-state index contributed by atoms with van der Waals surface area (Å²) in [7, 11) is 0. The zero-order chi connectivity index (χ0) is 13.5. The Labute approximate surface area is 114 Å². The van der Waals surface area contributed by atoms with Crippen LogP contribution >= 0.6 is 0 Å². The number of carbonyl (C=O) groups excluding carboxylic acids is 1. The molecule has 0 radical (unpaired) electrons. The first kappa shape index (κ1) is 14.0. The highest BCUT2D eigenvalue weighted by Crippen LogP contribution is 2.03. The second-order valence-corrected chi connectivity index (χ2v) is 4.91. The average molecular weight is 262 g/mol. The molecule has 1 aliphatic rings. The van der Waals surface area contributed by atoms with Gasteiger partial charge in [0.1, 0.15) is 0 Å². The van der Waals surface area contributed by atoms with Gasteiger partial charge in [-0.15, -0.1) is 0 Å². The van der Waals surface area contributed by atoms with Gasteiger partial charge in [-0.2, -0.15) is 0 Å². The molecule has 1 fully saturated rings. The Kier molecular flexibility index (Phi) is 5.36. The molecule has 0 bridgehead atoms. The molecule has 0 atom stereocenters. The Morgan fingerprint density at radius 2 is 1.95 bits per heavy atom. The zero-order valence-electron chi connectivity index (χ0n) is 11.5. The van der Waals surface area contributed by atoms with Gasteiger partial charge >= 0.3 is 0 Å². The summed E-state index contributed by atoms with van der Waals surface area (Å²) >= 11 is 0. The van der Waals surface area contributed by atoms with Crippen LogP contribution < -0.4 is 5.32 Å². The van der Waals surface area contributed by atoms with Crippen LogP contribution in [0.1, 0.15) is 17.5 Å². The van der Waals surface area contributed by atoms with Gasteiger partial charge in [-0.3, -0.25) is 4.79 Å². The highest BCUT2D eigenvalue weighted by atomic mass is 16.5. The van der Waals surface area contributed by atoms with E-state index in [-0.39, 0.29) is 5.91 Å². The normalized spacial score (nSPS) is 15.5. The lowest BCUT2D eigenvalue weighted by atomic mass is 10.1. The van der Waals surface area contributed by atoms with E-state index in [1.165, 1.54) is 11.1 Å². The van der Waals surface area contributed by atoms with Crippen LogP contribution in [0.2, 0.25) is 0 Å². The molecule has 0 unspecified atom stereocenters. The second kappa shape index (κ2) is 7.26. The zero-order valence-corrected chi connectivity index (χ0v) is 11.5. The maximum atomic E-state index is 11.9. The van der Waals surface area contributed by atoms with Crippen molar-refractivity contribution in [3.05, 3.63) is 35.4 Å². The molecule has 0 saturated carbocycles. The number of benzene rings is 1. The van der Waals surface area contributed by atoms with Crippen molar-refractivity contribution in [2.24, 2.45) is 0 Å². The summed E-state index contributed by atoms with van der Waals surface area (Å²) in [5, 5.41) is 3.31. The molecule has 0 aliphatic carbocycles. The first-order valence-corrected chi connectivity index (χ1v) is 6.87. The number of morpholine rings is 1. The Morgan fingerprint density at radius 1 is 1.26 bits per heavy atom. The van der Waals surface area contributed by atoms with Crippen molar-refractivity contribution >= 4 is 5.91 Å². The minimum atomic E-state index is 0.222. The fourth-order valence-electron chi connectivity index (χ4n) is 2.10. The summed E-state index contributed by atoms with van der Waals surface area (Å²) in [5.41, 5.74) is 2.52. The summed E-state index contributed by atoms with van der Waals surface area (Å²) in [6.45, 7) is 6.43. The average Bonchev–Trinajstić information content (AvgIpc) is 2.46. The predicted molar refractivity (Wildman–Crippen MR) is 74.9 cm³/mol. The van der Waals surface area contributed by atoms with Crippen molar-refractivity contribution in [1.82, 2.24) is 10.2 Å². The molecule has 0 aromatic heterocycles. The maximum absolute atomic E-state index is 11.9. The third kappa shape index (κ3) is 4.65. The van der Waals surface area contributed by atoms with Crippen molar-refractivity contribution in [1.29, 1.82) is 0 Å². The number of amides is 1. The summed E-state index contributed by atoms with van der Waals surface area (Å²) in [6.07, 6.45) is 0.561. The largest absolute Gasteiger partial charge is 0.378 e. The number of carbonyl (C=O) groups is 1. The lowest BCUT2D eigenvalue weighted by Gasteiger charge is -2.26. The predicted octanol–water partition coefficient (Wildman–Crippen LogP) is 1.33. The Bertz CT molecular complexity index is 397. The molecular formula is C15H22N2O2. The molecule has 1 aromatic carbocycles. The van der Waals surface area contributed by atoms with E-state index in [9.17, 15) is 4.79 Å². The number of aryl methyl sites for hydroxylation is 1. The van der Waals surface area contributed by atoms with Crippen molar-refractivity contribution in [3.63, 3.8) is 0 Å². The minimum Gasteiger partial charge on any atom is -0.378 e. The first-order chi connectivity index (χ1) is 9.25. The molecule has 1 aliphatic heterocycles. The van der Waals surface area contributed by atoms with Gasteiger partial charge in [-0.1, -0.05) is 29.8 Å². The molecule has 1 N–H and O–H groups in total. The third-order valence-electron chi connectivity index (χ3n) is 3.33. The smallest absolute Gasteiger partial charge is 0.224 e. The standard InChI is InChI=1S/C15H22N2O2/c1-13-2-4-14(5-3-13)12-16-7-6-15(18)17-8-10-19-11-9-17/h2-5,16H,6-12H2,1H3. The van der Waals surface area contributed by atoms with Crippen LogP contribution in [0.5, 0.6) is 0 Å². The second-order valence-electron chi connectivity index (χ2n) is 4.91. The number of ether oxygens (including phenoxy) is 1. The molecule has 4 heteroatoms. The van der Waals surface area contributed by atoms with Gasteiger partial charge < -0.3 is 15.0 Å². The topological polar surface area (TPSA) is 41.6 Å². The van der Waals surface area contributed by atoms with Crippen LogP contribution in [0.25, 0.3) is 0 Å². The van der Waals surface area contributed by atoms with Crippen LogP contribution in [0.15, 0.2) is 24.3 Å². The van der Waals surface area contributed by atoms with Crippen LogP contribution in [-0.2, 0) is 16.1 Å². The third-order valence-corrected chi connectivity index (χ3v) is 3.33. The fraction of sp³-hybridized carbons (Fsp3) is 0.533. The lowest BCUT2D eigenvalue weighted by Crippen LogP contribution is -2.41. The van der Waals surface area contributed by atoms with Gasteiger partial charge in [0.05, 0.1) is 13.2 Å². The number of hydrogen-bond donors (Lipinski definition) is 1. The van der Waals surface area contributed by atoms with Gasteiger partial charge in [0.2, 0.25) is 5.91 Å². The van der Waals surface area contributed by atoms with Crippen LogP contribution in [-0.4, -0.2) is 43.7 Å². The maximum Gasteiger partial charge on any atom is 0.224 e. The minimum absolute atomic E-state index is 0.222. The van der Waals surface area contributed by atoms with E-state index in [1.807, 2.05) is 4.90 Å². The number of hydrogen-bond acceptors (Lipinski definition) is 3. The molecule has 19 heavy (non-hydrogen) atoms. The quantitative estimate of drug-likeness (QED) is 0.814. The van der Waals surface area contributed by atoms with E-state index >= 15 is 0 Å². The lowest BCUT2D eigenvalue weighted by molar-refractivity contribution is -0.135. The van der Waals surface area contributed by atoms with Crippen molar-refractivity contribution in [2.75, 3.05) is 32.8 Å². The first-order valence-electron chi connectivity index (χ1n) is 6.87. The monoisotopic (exact) mass is 262 g/mol. The van der Waals surface area contributed by atoms with Gasteiger partial charge in [-0.05, 0) is 12.5 Å². The Morgan fingerprint density at radius 3 is 2.63 bits per heavy atom. The SMILES string of the molecule is Cc1ccc(CNCCC(=O)N2CCOCC2)cc1.